The zero-order valence-electron chi connectivity index (χ0n) is 16.0. The molecule has 0 N–H and O–H groups in total. The Bertz CT molecular complexity index is 702. The topological polar surface area (TPSA) is 65.1 Å². The molecule has 6 nitrogen and oxygen atoms in total. The second kappa shape index (κ2) is 7.15. The number of ether oxygens (including phenoxy) is 1. The summed E-state index contributed by atoms with van der Waals surface area (Å²) in [5, 5.41) is 0. The van der Waals surface area contributed by atoms with Gasteiger partial charge in [0.1, 0.15) is 12.4 Å². The molecule has 0 atom stereocenters. The number of sulfone groups is 1. The lowest BCUT2D eigenvalue weighted by Gasteiger charge is -2.32. The van der Waals surface area contributed by atoms with Crippen LogP contribution in [-0.4, -0.2) is 69.4 Å². The van der Waals surface area contributed by atoms with Crippen molar-refractivity contribution < 1.29 is 22.5 Å². The summed E-state index contributed by atoms with van der Waals surface area (Å²) in [4.78, 5) is 2.12. The Morgan fingerprint density at radius 1 is 1.04 bits per heavy atom. The molecule has 2 fully saturated rings. The van der Waals surface area contributed by atoms with Crippen molar-refractivity contribution in [2.75, 3.05) is 37.7 Å². The average Bonchev–Trinajstić information content (AvgIpc) is 2.78. The van der Waals surface area contributed by atoms with E-state index in [2.05, 4.69) is 4.90 Å². The standard InChI is InChI=1S/C18H28BNO5S/c1-17(2)18(3,4)25-19(24-17)15-5-7-16(8-6-15)23-12-9-20-10-13-26(21,22)14-11-20/h5-8H,9-14H2,1-4H3. The van der Waals surface area contributed by atoms with E-state index < -0.39 is 9.84 Å². The minimum atomic E-state index is -2.83. The molecule has 0 amide bonds. The summed E-state index contributed by atoms with van der Waals surface area (Å²) in [6.45, 7) is 10.6. The van der Waals surface area contributed by atoms with E-state index in [-0.39, 0.29) is 29.8 Å². The van der Waals surface area contributed by atoms with Crippen molar-refractivity contribution in [3.8, 4) is 5.75 Å². The molecule has 1 aromatic carbocycles. The summed E-state index contributed by atoms with van der Waals surface area (Å²) < 4.78 is 40.8. The fraction of sp³-hybridized carbons (Fsp3) is 0.667. The molecule has 0 aliphatic carbocycles. The molecule has 0 radical (unpaired) electrons. The minimum absolute atomic E-state index is 0.246. The lowest BCUT2D eigenvalue weighted by molar-refractivity contribution is 0.00578. The van der Waals surface area contributed by atoms with Gasteiger partial charge in [0.15, 0.2) is 9.84 Å². The van der Waals surface area contributed by atoms with Crippen LogP contribution < -0.4 is 10.2 Å². The SMILES string of the molecule is CC1(C)OB(c2ccc(OCCN3CCS(=O)(=O)CC3)cc2)OC1(C)C. The molecule has 0 saturated carbocycles. The number of hydrogen-bond acceptors (Lipinski definition) is 6. The fourth-order valence-corrected chi connectivity index (χ4v) is 4.24. The molecule has 2 saturated heterocycles. The Balaban J connectivity index is 1.48. The smallest absolute Gasteiger partial charge is 0.492 e. The largest absolute Gasteiger partial charge is 0.494 e. The third-order valence-corrected chi connectivity index (χ3v) is 7.13. The molecule has 0 spiro atoms. The van der Waals surface area contributed by atoms with Gasteiger partial charge in [-0.1, -0.05) is 12.1 Å². The van der Waals surface area contributed by atoms with E-state index in [1.54, 1.807) is 0 Å². The number of hydrogen-bond donors (Lipinski definition) is 0. The zero-order valence-corrected chi connectivity index (χ0v) is 16.8. The first-order valence-corrected chi connectivity index (χ1v) is 10.9. The molecular weight excluding hydrogens is 353 g/mol. The van der Waals surface area contributed by atoms with E-state index in [4.69, 9.17) is 14.0 Å². The fourth-order valence-electron chi connectivity index (χ4n) is 2.97. The van der Waals surface area contributed by atoms with Crippen molar-refractivity contribution in [1.29, 1.82) is 0 Å². The first-order chi connectivity index (χ1) is 12.1. The molecule has 144 valence electrons. The Hall–Kier alpha value is -1.09. The summed E-state index contributed by atoms with van der Waals surface area (Å²) in [7, 11) is -3.20. The highest BCUT2D eigenvalue weighted by Crippen LogP contribution is 2.36. The van der Waals surface area contributed by atoms with Gasteiger partial charge in [-0.3, -0.25) is 4.90 Å². The van der Waals surface area contributed by atoms with Gasteiger partial charge >= 0.3 is 7.12 Å². The lowest BCUT2D eigenvalue weighted by Crippen LogP contribution is -2.42. The maximum absolute atomic E-state index is 11.4. The number of rotatable bonds is 5. The molecular formula is C18H28BNO5S. The van der Waals surface area contributed by atoms with Crippen LogP contribution in [0.4, 0.5) is 0 Å². The molecule has 0 unspecified atom stereocenters. The van der Waals surface area contributed by atoms with Crippen LogP contribution in [-0.2, 0) is 19.1 Å². The summed E-state index contributed by atoms with van der Waals surface area (Å²) in [6, 6.07) is 7.76. The van der Waals surface area contributed by atoms with Crippen molar-refractivity contribution in [3.63, 3.8) is 0 Å². The van der Waals surface area contributed by atoms with Gasteiger partial charge < -0.3 is 14.0 Å². The van der Waals surface area contributed by atoms with Gasteiger partial charge in [0.2, 0.25) is 0 Å². The molecule has 2 heterocycles. The van der Waals surface area contributed by atoms with Crippen LogP contribution in [0.3, 0.4) is 0 Å². The molecule has 0 aromatic heterocycles. The van der Waals surface area contributed by atoms with Crippen LogP contribution in [0, 0.1) is 0 Å². The molecule has 1 aromatic rings. The van der Waals surface area contributed by atoms with Gasteiger partial charge in [0, 0.05) is 19.6 Å². The van der Waals surface area contributed by atoms with Crippen LogP contribution in [0.1, 0.15) is 27.7 Å². The number of nitrogens with zero attached hydrogens (tertiary/aromatic N) is 1. The van der Waals surface area contributed by atoms with Crippen molar-refractivity contribution in [2.45, 2.75) is 38.9 Å². The average molecular weight is 381 g/mol. The Morgan fingerprint density at radius 2 is 1.58 bits per heavy atom. The molecule has 3 rings (SSSR count). The van der Waals surface area contributed by atoms with Gasteiger partial charge in [-0.15, -0.1) is 0 Å². The van der Waals surface area contributed by atoms with E-state index >= 15 is 0 Å². The van der Waals surface area contributed by atoms with Gasteiger partial charge in [0.05, 0.1) is 22.7 Å². The second-order valence-corrected chi connectivity index (χ2v) is 10.3. The van der Waals surface area contributed by atoms with Crippen LogP contribution in [0.15, 0.2) is 24.3 Å². The third-order valence-electron chi connectivity index (χ3n) is 5.52. The zero-order chi connectivity index (χ0) is 19.0. The van der Waals surface area contributed by atoms with Gasteiger partial charge in [0.25, 0.3) is 0 Å². The van der Waals surface area contributed by atoms with Gasteiger partial charge in [-0.2, -0.15) is 0 Å². The maximum Gasteiger partial charge on any atom is 0.494 e. The Morgan fingerprint density at radius 3 is 2.12 bits per heavy atom. The molecule has 8 heteroatoms. The highest BCUT2D eigenvalue weighted by Gasteiger charge is 2.51. The van der Waals surface area contributed by atoms with Crippen LogP contribution >= 0.6 is 0 Å². The van der Waals surface area contributed by atoms with Gasteiger partial charge in [-0.25, -0.2) is 8.42 Å². The molecule has 26 heavy (non-hydrogen) atoms. The van der Waals surface area contributed by atoms with E-state index in [9.17, 15) is 8.42 Å². The summed E-state index contributed by atoms with van der Waals surface area (Å²) >= 11 is 0. The quantitative estimate of drug-likeness (QED) is 0.712. The van der Waals surface area contributed by atoms with Gasteiger partial charge in [-0.05, 0) is 45.3 Å². The molecule has 0 bridgehead atoms. The Labute approximate surface area is 156 Å². The molecule has 2 aliphatic rings. The van der Waals surface area contributed by atoms with Crippen molar-refractivity contribution >= 4 is 22.4 Å². The van der Waals surface area contributed by atoms with E-state index in [0.717, 1.165) is 17.8 Å². The Kier molecular flexibility index (Phi) is 5.41. The molecule has 2 aliphatic heterocycles. The predicted octanol–water partition coefficient (Wildman–Crippen LogP) is 1.10. The van der Waals surface area contributed by atoms with Crippen LogP contribution in [0.25, 0.3) is 0 Å². The minimum Gasteiger partial charge on any atom is -0.492 e. The maximum atomic E-state index is 11.4. The van der Waals surface area contributed by atoms with Crippen molar-refractivity contribution in [3.05, 3.63) is 24.3 Å². The van der Waals surface area contributed by atoms with Crippen LogP contribution in [0.2, 0.25) is 0 Å². The van der Waals surface area contributed by atoms with E-state index in [0.29, 0.717) is 19.7 Å². The van der Waals surface area contributed by atoms with Crippen molar-refractivity contribution in [1.82, 2.24) is 4.90 Å². The predicted molar refractivity (Wildman–Crippen MR) is 103 cm³/mol. The van der Waals surface area contributed by atoms with E-state index in [1.165, 1.54) is 0 Å². The lowest BCUT2D eigenvalue weighted by atomic mass is 9.79. The first kappa shape index (κ1) is 19.7. The highest BCUT2D eigenvalue weighted by atomic mass is 32.2. The normalized spacial score (nSPS) is 24.5. The summed E-state index contributed by atoms with van der Waals surface area (Å²) in [5.41, 5.74) is 0.265. The first-order valence-electron chi connectivity index (χ1n) is 9.09. The second-order valence-electron chi connectivity index (χ2n) is 8.00. The van der Waals surface area contributed by atoms with Crippen molar-refractivity contribution in [2.24, 2.45) is 0 Å². The van der Waals surface area contributed by atoms with E-state index in [1.807, 2.05) is 52.0 Å². The highest BCUT2D eigenvalue weighted by molar-refractivity contribution is 7.91. The third kappa shape index (κ3) is 4.42. The van der Waals surface area contributed by atoms with Crippen LogP contribution in [0.5, 0.6) is 5.75 Å². The summed E-state index contributed by atoms with van der Waals surface area (Å²) in [6.07, 6.45) is 0. The monoisotopic (exact) mass is 381 g/mol. The summed E-state index contributed by atoms with van der Waals surface area (Å²) in [5.74, 6) is 1.28. The number of benzene rings is 1.